The van der Waals surface area contributed by atoms with Gasteiger partial charge in [0.25, 0.3) is 0 Å². The SMILES string of the molecule is Cc1ncc(CN2c3ccc(C(F)(F)F)cc3CN(S(=O)(=O)C(F)(F)F)C[C@@H]2CCC2CCCC2)[nH]1. The molecule has 200 valence electrons. The van der Waals surface area contributed by atoms with Crippen molar-refractivity contribution in [3.8, 4) is 0 Å². The average Bonchev–Trinajstić information content (AvgIpc) is 3.41. The van der Waals surface area contributed by atoms with Crippen molar-refractivity contribution in [2.45, 2.75) is 76.3 Å². The van der Waals surface area contributed by atoms with Gasteiger partial charge in [0.15, 0.2) is 0 Å². The minimum atomic E-state index is -5.77. The Bertz CT molecular complexity index is 1170. The van der Waals surface area contributed by atoms with E-state index in [1.165, 1.54) is 6.07 Å². The standard InChI is InChI=1S/C23H28F6N4O2S/c1-15-30-11-19(31-15)13-33-20(8-6-16-4-2-3-5-16)14-32(36(34,35)23(27,28)29)12-17-10-18(22(24,25)26)7-9-21(17)33/h7,9-11,16,20H,2-6,8,12-14H2,1H3,(H,30,31)/t20-/m0/s1. The van der Waals surface area contributed by atoms with E-state index in [1.54, 1.807) is 18.0 Å². The van der Waals surface area contributed by atoms with Crippen LogP contribution in [0.3, 0.4) is 0 Å². The number of alkyl halides is 6. The molecule has 0 saturated heterocycles. The molecule has 0 amide bonds. The average molecular weight is 539 g/mol. The van der Waals surface area contributed by atoms with Crippen LogP contribution in [0.2, 0.25) is 0 Å². The van der Waals surface area contributed by atoms with Crippen LogP contribution in [0, 0.1) is 12.8 Å². The second-order valence-electron chi connectivity index (χ2n) is 9.59. The maximum atomic E-state index is 13.6. The summed E-state index contributed by atoms with van der Waals surface area (Å²) in [6.45, 7) is 0.566. The van der Waals surface area contributed by atoms with Crippen LogP contribution in [0.1, 0.15) is 61.2 Å². The van der Waals surface area contributed by atoms with Gasteiger partial charge in [-0.2, -0.15) is 30.6 Å². The van der Waals surface area contributed by atoms with Gasteiger partial charge in [0, 0.05) is 24.8 Å². The first-order valence-electron chi connectivity index (χ1n) is 11.8. The molecule has 1 aromatic heterocycles. The van der Waals surface area contributed by atoms with E-state index in [0.29, 0.717) is 30.3 Å². The predicted octanol–water partition coefficient (Wildman–Crippen LogP) is 5.75. The monoisotopic (exact) mass is 538 g/mol. The number of anilines is 1. The molecule has 0 radical (unpaired) electrons. The lowest BCUT2D eigenvalue weighted by Crippen LogP contribution is -2.47. The third-order valence-electron chi connectivity index (χ3n) is 7.03. The highest BCUT2D eigenvalue weighted by atomic mass is 32.2. The number of benzene rings is 1. The number of nitrogens with zero attached hydrogens (tertiary/aromatic N) is 3. The number of rotatable bonds is 6. The second-order valence-corrected chi connectivity index (χ2v) is 11.5. The van der Waals surface area contributed by atoms with E-state index in [9.17, 15) is 34.8 Å². The fourth-order valence-electron chi connectivity index (χ4n) is 5.21. The van der Waals surface area contributed by atoms with Crippen molar-refractivity contribution in [1.29, 1.82) is 0 Å². The first kappa shape index (κ1) is 26.8. The molecule has 0 unspecified atom stereocenters. The van der Waals surface area contributed by atoms with Gasteiger partial charge in [-0.25, -0.2) is 13.4 Å². The second kappa shape index (κ2) is 9.88. The molecule has 1 aromatic carbocycles. The van der Waals surface area contributed by atoms with Crippen LogP contribution < -0.4 is 4.90 Å². The van der Waals surface area contributed by atoms with Crippen molar-refractivity contribution in [3.05, 3.63) is 47.0 Å². The van der Waals surface area contributed by atoms with Gasteiger partial charge in [0.1, 0.15) is 5.82 Å². The smallest absolute Gasteiger partial charge is 0.361 e. The van der Waals surface area contributed by atoms with Crippen LogP contribution in [0.25, 0.3) is 0 Å². The van der Waals surface area contributed by atoms with Crippen LogP contribution in [0.4, 0.5) is 32.0 Å². The molecule has 13 heteroatoms. The number of hydrogen-bond acceptors (Lipinski definition) is 4. The third-order valence-corrected chi connectivity index (χ3v) is 8.57. The summed E-state index contributed by atoms with van der Waals surface area (Å²) in [4.78, 5) is 8.92. The first-order chi connectivity index (χ1) is 16.8. The molecule has 1 fully saturated rings. The number of aryl methyl sites for hydroxylation is 1. The Morgan fingerprint density at radius 3 is 2.36 bits per heavy atom. The molecule has 0 bridgehead atoms. The van der Waals surface area contributed by atoms with Crippen LogP contribution >= 0.6 is 0 Å². The normalized spacial score (nSPS) is 20.5. The Morgan fingerprint density at radius 2 is 1.78 bits per heavy atom. The molecule has 6 nitrogen and oxygen atoms in total. The van der Waals surface area contributed by atoms with E-state index in [4.69, 9.17) is 0 Å². The van der Waals surface area contributed by atoms with Gasteiger partial charge in [-0.05, 0) is 49.4 Å². The summed E-state index contributed by atoms with van der Waals surface area (Å²) in [5, 5.41) is 0. The van der Waals surface area contributed by atoms with E-state index >= 15 is 0 Å². The van der Waals surface area contributed by atoms with Crippen molar-refractivity contribution >= 4 is 15.7 Å². The Balaban J connectivity index is 1.79. The first-order valence-corrected chi connectivity index (χ1v) is 13.2. The number of aromatic nitrogens is 2. The van der Waals surface area contributed by atoms with Crippen molar-refractivity contribution in [1.82, 2.24) is 14.3 Å². The zero-order valence-corrected chi connectivity index (χ0v) is 20.5. The minimum absolute atomic E-state index is 0.128. The Labute approximate surface area is 205 Å². The van der Waals surface area contributed by atoms with E-state index < -0.39 is 46.4 Å². The fraction of sp³-hybridized carbons (Fsp3) is 0.609. The lowest BCUT2D eigenvalue weighted by atomic mass is 9.97. The van der Waals surface area contributed by atoms with Crippen LogP contribution in [-0.4, -0.2) is 40.8 Å². The van der Waals surface area contributed by atoms with Crippen molar-refractivity contribution < 1.29 is 34.8 Å². The summed E-state index contributed by atoms with van der Waals surface area (Å²) in [7, 11) is -5.77. The predicted molar refractivity (Wildman–Crippen MR) is 121 cm³/mol. The van der Waals surface area contributed by atoms with E-state index in [1.807, 2.05) is 0 Å². The van der Waals surface area contributed by atoms with E-state index in [-0.39, 0.29) is 22.1 Å². The number of fused-ring (bicyclic) bond motifs is 1. The molecule has 1 aliphatic carbocycles. The lowest BCUT2D eigenvalue weighted by Gasteiger charge is -2.34. The van der Waals surface area contributed by atoms with E-state index in [0.717, 1.165) is 37.8 Å². The van der Waals surface area contributed by atoms with Gasteiger partial charge in [0.05, 0.1) is 24.0 Å². The number of imidazole rings is 1. The van der Waals surface area contributed by atoms with Gasteiger partial charge in [0.2, 0.25) is 0 Å². The number of hydrogen-bond donors (Lipinski definition) is 1. The third kappa shape index (κ3) is 5.66. The zero-order valence-electron chi connectivity index (χ0n) is 19.7. The number of H-pyrrole nitrogens is 1. The van der Waals surface area contributed by atoms with Gasteiger partial charge in [-0.3, -0.25) is 0 Å². The Morgan fingerprint density at radius 1 is 1.08 bits per heavy atom. The summed E-state index contributed by atoms with van der Waals surface area (Å²) >= 11 is 0. The highest BCUT2D eigenvalue weighted by molar-refractivity contribution is 7.89. The van der Waals surface area contributed by atoms with Crippen LogP contribution in [-0.2, 0) is 29.3 Å². The molecule has 1 saturated carbocycles. The molecular weight excluding hydrogens is 510 g/mol. The molecular formula is C23H28F6N4O2S. The largest absolute Gasteiger partial charge is 0.511 e. The van der Waals surface area contributed by atoms with Gasteiger partial charge < -0.3 is 9.88 Å². The number of sulfonamides is 1. The summed E-state index contributed by atoms with van der Waals surface area (Å²) in [6, 6.07) is 2.18. The maximum Gasteiger partial charge on any atom is 0.511 e. The lowest BCUT2D eigenvalue weighted by molar-refractivity contribution is -0.137. The topological polar surface area (TPSA) is 69.3 Å². The molecule has 0 spiro atoms. The minimum Gasteiger partial charge on any atom is -0.361 e. The summed E-state index contributed by atoms with van der Waals surface area (Å²) in [6.07, 6.45) is 2.07. The van der Waals surface area contributed by atoms with Crippen molar-refractivity contribution in [2.24, 2.45) is 5.92 Å². The van der Waals surface area contributed by atoms with Gasteiger partial charge in [-0.15, -0.1) is 0 Å². The number of nitrogens with one attached hydrogen (secondary N) is 1. The van der Waals surface area contributed by atoms with Gasteiger partial charge >= 0.3 is 21.7 Å². The molecule has 36 heavy (non-hydrogen) atoms. The Kier molecular flexibility index (Phi) is 7.35. The van der Waals surface area contributed by atoms with Crippen molar-refractivity contribution in [2.75, 3.05) is 11.4 Å². The molecule has 1 aliphatic heterocycles. The Hall–Kier alpha value is -2.28. The molecule has 1 atom stereocenters. The van der Waals surface area contributed by atoms with E-state index in [2.05, 4.69) is 9.97 Å². The highest BCUT2D eigenvalue weighted by Crippen LogP contribution is 2.40. The quantitative estimate of drug-likeness (QED) is 0.476. The van der Waals surface area contributed by atoms with Crippen molar-refractivity contribution in [3.63, 3.8) is 0 Å². The summed E-state index contributed by atoms with van der Waals surface area (Å²) in [5.41, 5.74) is -5.84. The zero-order chi connectivity index (χ0) is 26.3. The maximum absolute atomic E-state index is 13.6. The fourth-order valence-corrected chi connectivity index (χ4v) is 6.18. The van der Waals surface area contributed by atoms with Crippen LogP contribution in [0.15, 0.2) is 24.4 Å². The molecule has 4 rings (SSSR count). The van der Waals surface area contributed by atoms with Gasteiger partial charge in [-0.1, -0.05) is 25.7 Å². The molecule has 2 heterocycles. The molecule has 2 aromatic rings. The summed E-state index contributed by atoms with van der Waals surface area (Å²) < 4.78 is 106. The summed E-state index contributed by atoms with van der Waals surface area (Å²) in [5.74, 6) is 1.00. The molecule has 1 N–H and O–H groups in total. The molecule has 2 aliphatic rings. The number of halogens is 6. The highest BCUT2D eigenvalue weighted by Gasteiger charge is 2.51. The number of aromatic amines is 1. The van der Waals surface area contributed by atoms with Crippen LogP contribution in [0.5, 0.6) is 0 Å².